The molecule has 2 N–H and O–H groups in total. The predicted molar refractivity (Wildman–Crippen MR) is 71.4 cm³/mol. The fourth-order valence-electron chi connectivity index (χ4n) is 3.02. The van der Waals surface area contributed by atoms with E-state index in [0.717, 1.165) is 12.0 Å². The van der Waals surface area contributed by atoms with E-state index in [1.807, 2.05) is 24.3 Å². The third-order valence-corrected chi connectivity index (χ3v) is 4.15. The first kappa shape index (κ1) is 13.1. The third-order valence-electron chi connectivity index (χ3n) is 4.15. The van der Waals surface area contributed by atoms with E-state index in [4.69, 9.17) is 9.84 Å². The molecule has 2 unspecified atom stereocenters. The molecule has 106 valence electrons. The van der Waals surface area contributed by atoms with Crippen molar-refractivity contribution in [3.8, 4) is 0 Å². The van der Waals surface area contributed by atoms with Crippen molar-refractivity contribution in [2.45, 2.75) is 30.7 Å². The van der Waals surface area contributed by atoms with E-state index < -0.39 is 11.5 Å². The molecule has 2 atom stereocenters. The minimum Gasteiger partial charge on any atom is -0.481 e. The summed E-state index contributed by atoms with van der Waals surface area (Å²) >= 11 is 0. The number of benzene rings is 1. The Hall–Kier alpha value is -1.88. The second kappa shape index (κ2) is 4.90. The molecule has 1 aliphatic carbocycles. The second-order valence-electron chi connectivity index (χ2n) is 5.60. The highest BCUT2D eigenvalue weighted by Crippen LogP contribution is 2.36. The number of ether oxygens (including phenoxy) is 1. The third kappa shape index (κ3) is 2.29. The van der Waals surface area contributed by atoms with E-state index >= 15 is 0 Å². The lowest BCUT2D eigenvalue weighted by Gasteiger charge is -2.34. The summed E-state index contributed by atoms with van der Waals surface area (Å²) in [7, 11) is 0. The van der Waals surface area contributed by atoms with Crippen LogP contribution in [0.15, 0.2) is 24.3 Å². The fraction of sp³-hybridized carbons (Fsp3) is 0.467. The highest BCUT2D eigenvalue weighted by atomic mass is 16.5. The van der Waals surface area contributed by atoms with E-state index in [9.17, 15) is 9.59 Å². The van der Waals surface area contributed by atoms with Crippen LogP contribution in [0.25, 0.3) is 0 Å². The first-order valence-corrected chi connectivity index (χ1v) is 6.79. The van der Waals surface area contributed by atoms with E-state index in [1.165, 1.54) is 5.56 Å². The zero-order chi connectivity index (χ0) is 14.2. The average molecular weight is 275 g/mol. The molecule has 0 spiro atoms. The minimum absolute atomic E-state index is 0.0875. The van der Waals surface area contributed by atoms with Crippen molar-refractivity contribution in [2.75, 3.05) is 13.2 Å². The van der Waals surface area contributed by atoms with Gasteiger partial charge in [-0.1, -0.05) is 24.3 Å². The van der Waals surface area contributed by atoms with Gasteiger partial charge < -0.3 is 15.2 Å². The predicted octanol–water partition coefficient (Wildman–Crippen LogP) is 1.08. The number of fused-ring (bicyclic) bond motifs is 1. The van der Waals surface area contributed by atoms with Gasteiger partial charge in [-0.3, -0.25) is 9.59 Å². The van der Waals surface area contributed by atoms with Crippen molar-refractivity contribution in [1.29, 1.82) is 0 Å². The first-order chi connectivity index (χ1) is 9.60. The van der Waals surface area contributed by atoms with Crippen LogP contribution in [0.3, 0.4) is 0 Å². The van der Waals surface area contributed by atoms with Crippen molar-refractivity contribution in [3.05, 3.63) is 35.4 Å². The highest BCUT2D eigenvalue weighted by molar-refractivity contribution is 5.88. The van der Waals surface area contributed by atoms with Gasteiger partial charge in [0.2, 0.25) is 5.91 Å². The topological polar surface area (TPSA) is 75.6 Å². The lowest BCUT2D eigenvalue weighted by Crippen LogP contribution is -2.53. The molecule has 20 heavy (non-hydrogen) atoms. The van der Waals surface area contributed by atoms with Crippen LogP contribution < -0.4 is 5.32 Å². The van der Waals surface area contributed by atoms with Crippen LogP contribution in [-0.2, 0) is 20.7 Å². The van der Waals surface area contributed by atoms with Gasteiger partial charge in [0.1, 0.15) is 0 Å². The number of carbonyl (C=O) groups excluding carboxylic acids is 1. The maximum Gasteiger partial charge on any atom is 0.305 e. The second-order valence-corrected chi connectivity index (χ2v) is 5.60. The molecule has 1 heterocycles. The summed E-state index contributed by atoms with van der Waals surface area (Å²) in [6, 6.07) is 7.86. The molecule has 1 aromatic carbocycles. The van der Waals surface area contributed by atoms with E-state index in [-0.39, 0.29) is 24.9 Å². The van der Waals surface area contributed by atoms with Crippen LogP contribution in [-0.4, -0.2) is 35.7 Å². The fourth-order valence-corrected chi connectivity index (χ4v) is 3.02. The average Bonchev–Trinajstić information content (AvgIpc) is 2.78. The molecule has 0 saturated carbocycles. The van der Waals surface area contributed by atoms with Crippen molar-refractivity contribution in [1.82, 2.24) is 5.32 Å². The smallest absolute Gasteiger partial charge is 0.305 e. The number of carbonyl (C=O) groups is 2. The Kier molecular flexibility index (Phi) is 3.22. The molecule has 5 heteroatoms. The Morgan fingerprint density at radius 1 is 1.40 bits per heavy atom. The van der Waals surface area contributed by atoms with E-state index in [1.54, 1.807) is 0 Å². The number of nitrogens with one attached hydrogen (secondary N) is 1. The van der Waals surface area contributed by atoms with Crippen molar-refractivity contribution >= 4 is 11.9 Å². The van der Waals surface area contributed by atoms with Gasteiger partial charge in [0.15, 0.2) is 0 Å². The Bertz CT molecular complexity index is 549. The molecule has 1 saturated heterocycles. The number of carboxylic acid groups (broad SMARTS) is 1. The summed E-state index contributed by atoms with van der Waals surface area (Å²) < 4.78 is 5.29. The minimum atomic E-state index is -0.912. The van der Waals surface area contributed by atoms with Gasteiger partial charge in [0.25, 0.3) is 0 Å². The Balaban J connectivity index is 1.71. The summed E-state index contributed by atoms with van der Waals surface area (Å²) in [5.74, 6) is -1.15. The van der Waals surface area contributed by atoms with Crippen molar-refractivity contribution in [3.63, 3.8) is 0 Å². The highest BCUT2D eigenvalue weighted by Gasteiger charge is 2.41. The molecule has 0 bridgehead atoms. The van der Waals surface area contributed by atoms with Gasteiger partial charge >= 0.3 is 5.97 Å². The quantitative estimate of drug-likeness (QED) is 0.862. The Morgan fingerprint density at radius 2 is 2.20 bits per heavy atom. The van der Waals surface area contributed by atoms with Crippen LogP contribution in [0.4, 0.5) is 0 Å². The SMILES string of the molecule is O=C(O)CC1(NC(=O)C2Cc3ccccc32)CCOC1. The summed E-state index contributed by atoms with van der Waals surface area (Å²) in [6.07, 6.45) is 1.19. The van der Waals surface area contributed by atoms with Crippen LogP contribution in [0.1, 0.15) is 29.9 Å². The monoisotopic (exact) mass is 275 g/mol. The lowest BCUT2D eigenvalue weighted by atomic mass is 9.76. The number of amides is 1. The largest absolute Gasteiger partial charge is 0.481 e. The first-order valence-electron chi connectivity index (χ1n) is 6.79. The van der Waals surface area contributed by atoms with Crippen molar-refractivity contribution in [2.24, 2.45) is 0 Å². The van der Waals surface area contributed by atoms with E-state index in [0.29, 0.717) is 13.0 Å². The number of hydrogen-bond acceptors (Lipinski definition) is 3. The number of hydrogen-bond donors (Lipinski definition) is 2. The normalized spacial score (nSPS) is 27.5. The van der Waals surface area contributed by atoms with E-state index in [2.05, 4.69) is 5.32 Å². The van der Waals surface area contributed by atoms with Crippen LogP contribution >= 0.6 is 0 Å². The lowest BCUT2D eigenvalue weighted by molar-refractivity contribution is -0.139. The summed E-state index contributed by atoms with van der Waals surface area (Å²) in [5.41, 5.74) is 1.50. The molecular formula is C15H17NO4. The van der Waals surface area contributed by atoms with Gasteiger partial charge in [0.05, 0.1) is 24.5 Å². The zero-order valence-corrected chi connectivity index (χ0v) is 11.1. The van der Waals surface area contributed by atoms with Gasteiger partial charge in [-0.2, -0.15) is 0 Å². The maximum atomic E-state index is 12.4. The number of aliphatic carboxylic acids is 1. The van der Waals surface area contributed by atoms with Gasteiger partial charge in [0, 0.05) is 6.61 Å². The molecule has 0 aromatic heterocycles. The van der Waals surface area contributed by atoms with Crippen LogP contribution in [0.5, 0.6) is 0 Å². The Morgan fingerprint density at radius 3 is 2.85 bits per heavy atom. The van der Waals surface area contributed by atoms with Crippen LogP contribution in [0.2, 0.25) is 0 Å². The summed E-state index contributed by atoms with van der Waals surface area (Å²) in [5, 5.41) is 11.9. The molecule has 2 aliphatic rings. The Labute approximate surface area is 116 Å². The molecule has 1 amide bonds. The molecule has 1 fully saturated rings. The standard InChI is InChI=1S/C15H17NO4/c17-13(18)8-15(5-6-20-9-15)16-14(19)12-7-10-3-1-2-4-11(10)12/h1-4,12H,5-9H2,(H,16,19)(H,17,18). The van der Waals surface area contributed by atoms with Gasteiger partial charge in [-0.05, 0) is 24.0 Å². The van der Waals surface area contributed by atoms with Gasteiger partial charge in [-0.25, -0.2) is 0 Å². The molecule has 1 aliphatic heterocycles. The van der Waals surface area contributed by atoms with Crippen molar-refractivity contribution < 1.29 is 19.4 Å². The zero-order valence-electron chi connectivity index (χ0n) is 11.1. The number of rotatable bonds is 4. The summed E-state index contributed by atoms with van der Waals surface area (Å²) in [4.78, 5) is 23.4. The van der Waals surface area contributed by atoms with Gasteiger partial charge in [-0.15, -0.1) is 0 Å². The van der Waals surface area contributed by atoms with Crippen LogP contribution in [0, 0.1) is 0 Å². The molecule has 1 aromatic rings. The molecule has 0 radical (unpaired) electrons. The number of carboxylic acids is 1. The summed E-state index contributed by atoms with van der Waals surface area (Å²) in [6.45, 7) is 0.772. The molecule has 5 nitrogen and oxygen atoms in total. The molecular weight excluding hydrogens is 258 g/mol. The molecule has 3 rings (SSSR count). The maximum absolute atomic E-state index is 12.4.